The van der Waals surface area contributed by atoms with Crippen LogP contribution in [0, 0.1) is 6.92 Å². The number of aryl methyl sites for hydroxylation is 1. The van der Waals surface area contributed by atoms with Gasteiger partial charge in [-0.25, -0.2) is 9.67 Å². The lowest BCUT2D eigenvalue weighted by Gasteiger charge is -2.17. The van der Waals surface area contributed by atoms with Crippen molar-refractivity contribution >= 4 is 17.6 Å². The minimum Gasteiger partial charge on any atom is -0.337 e. The quantitative estimate of drug-likeness (QED) is 0.307. The average molecular weight is 502 g/mol. The van der Waals surface area contributed by atoms with Crippen LogP contribution in [0.5, 0.6) is 0 Å². The molecule has 5 aromatic rings. The number of nitrogens with zero attached hydrogens (tertiary/aromatic N) is 4. The summed E-state index contributed by atoms with van der Waals surface area (Å²) in [5.41, 5.74) is 5.30. The molecular formula is C31H27N5O2. The Hall–Kier alpha value is -5.04. The van der Waals surface area contributed by atoms with Crippen LogP contribution in [0.4, 0.5) is 5.82 Å². The lowest BCUT2D eigenvalue weighted by molar-refractivity contribution is 0.0784. The van der Waals surface area contributed by atoms with Crippen molar-refractivity contribution in [3.63, 3.8) is 0 Å². The van der Waals surface area contributed by atoms with Gasteiger partial charge in [-0.3, -0.25) is 9.59 Å². The van der Waals surface area contributed by atoms with Crippen LogP contribution in [-0.2, 0) is 6.54 Å². The molecule has 7 nitrogen and oxygen atoms in total. The van der Waals surface area contributed by atoms with E-state index in [2.05, 4.69) is 10.3 Å². The number of anilines is 1. The molecule has 7 heteroatoms. The van der Waals surface area contributed by atoms with E-state index in [4.69, 9.17) is 5.10 Å². The second-order valence-electron chi connectivity index (χ2n) is 9.07. The summed E-state index contributed by atoms with van der Waals surface area (Å²) in [4.78, 5) is 32.2. The molecule has 0 aliphatic carbocycles. The highest BCUT2D eigenvalue weighted by molar-refractivity contribution is 6.07. The van der Waals surface area contributed by atoms with Gasteiger partial charge in [0.2, 0.25) is 0 Å². The molecule has 2 heterocycles. The van der Waals surface area contributed by atoms with Crippen molar-refractivity contribution in [1.29, 1.82) is 0 Å². The smallest absolute Gasteiger partial charge is 0.260 e. The lowest BCUT2D eigenvalue weighted by Crippen LogP contribution is -2.26. The maximum atomic E-state index is 13.4. The number of benzene rings is 3. The van der Waals surface area contributed by atoms with E-state index in [1.807, 2.05) is 91.9 Å². The Balaban J connectivity index is 1.35. The third-order valence-corrected chi connectivity index (χ3v) is 6.17. The molecule has 0 saturated carbocycles. The molecule has 0 aliphatic rings. The summed E-state index contributed by atoms with van der Waals surface area (Å²) in [6.07, 6.45) is 3.20. The van der Waals surface area contributed by atoms with Gasteiger partial charge in [-0.05, 0) is 36.8 Å². The Kier molecular flexibility index (Phi) is 7.08. The molecule has 0 saturated heterocycles. The van der Waals surface area contributed by atoms with E-state index in [1.165, 1.54) is 6.20 Å². The number of carbonyl (C=O) groups is 2. The second kappa shape index (κ2) is 10.9. The van der Waals surface area contributed by atoms with Gasteiger partial charge in [0.15, 0.2) is 0 Å². The highest BCUT2D eigenvalue weighted by Crippen LogP contribution is 2.25. The molecule has 2 aromatic heterocycles. The zero-order valence-corrected chi connectivity index (χ0v) is 21.2. The molecule has 0 spiro atoms. The summed E-state index contributed by atoms with van der Waals surface area (Å²) < 4.78 is 1.70. The molecule has 0 atom stereocenters. The molecule has 1 N–H and O–H groups in total. The predicted molar refractivity (Wildman–Crippen MR) is 148 cm³/mol. The standard InChI is InChI=1S/C31H27N5O2/c1-22-13-16-26(17-14-22)36-21-27(29(34-36)24-11-7-4-8-12-24)30(37)33-28-18-15-25(19-32-28)31(38)35(2)20-23-9-5-3-6-10-23/h3-19,21H,20H2,1-2H3,(H,32,33,37). The molecule has 0 fully saturated rings. The Morgan fingerprint density at radius 1 is 0.868 bits per heavy atom. The van der Waals surface area contributed by atoms with Crippen molar-refractivity contribution < 1.29 is 9.59 Å². The predicted octanol–water partition coefficient (Wildman–Crippen LogP) is 5.77. The molecule has 3 aromatic carbocycles. The van der Waals surface area contributed by atoms with Crippen LogP contribution < -0.4 is 5.32 Å². The van der Waals surface area contributed by atoms with Crippen molar-refractivity contribution in [3.8, 4) is 16.9 Å². The summed E-state index contributed by atoms with van der Waals surface area (Å²) in [6, 6.07) is 30.6. The number of carbonyl (C=O) groups excluding carboxylic acids is 2. The van der Waals surface area contributed by atoms with Gasteiger partial charge < -0.3 is 10.2 Å². The zero-order valence-electron chi connectivity index (χ0n) is 21.2. The van der Waals surface area contributed by atoms with Crippen LogP contribution in [0.25, 0.3) is 16.9 Å². The maximum absolute atomic E-state index is 13.4. The van der Waals surface area contributed by atoms with Crippen LogP contribution in [0.1, 0.15) is 31.8 Å². The first-order chi connectivity index (χ1) is 18.5. The molecule has 0 radical (unpaired) electrons. The van der Waals surface area contributed by atoms with E-state index in [-0.39, 0.29) is 11.8 Å². The molecule has 0 unspecified atom stereocenters. The normalized spacial score (nSPS) is 10.7. The van der Waals surface area contributed by atoms with Crippen molar-refractivity contribution in [2.24, 2.45) is 0 Å². The third kappa shape index (κ3) is 5.52. The van der Waals surface area contributed by atoms with Gasteiger partial charge in [0.25, 0.3) is 11.8 Å². The van der Waals surface area contributed by atoms with E-state index in [0.29, 0.717) is 29.2 Å². The topological polar surface area (TPSA) is 80.1 Å². The SMILES string of the molecule is Cc1ccc(-n2cc(C(=O)Nc3ccc(C(=O)N(C)Cc4ccccc4)cn3)c(-c3ccccc3)n2)cc1. The van der Waals surface area contributed by atoms with Gasteiger partial charge in [-0.1, -0.05) is 78.4 Å². The van der Waals surface area contributed by atoms with Crippen molar-refractivity contribution in [2.45, 2.75) is 13.5 Å². The maximum Gasteiger partial charge on any atom is 0.260 e. The van der Waals surface area contributed by atoms with E-state index >= 15 is 0 Å². The molecular weight excluding hydrogens is 474 g/mol. The molecule has 188 valence electrons. The summed E-state index contributed by atoms with van der Waals surface area (Å²) in [7, 11) is 1.75. The average Bonchev–Trinajstić information content (AvgIpc) is 3.40. The fraction of sp³-hybridized carbons (Fsp3) is 0.0968. The molecule has 0 aliphatic heterocycles. The summed E-state index contributed by atoms with van der Waals surface area (Å²) in [5, 5.41) is 7.57. The lowest BCUT2D eigenvalue weighted by atomic mass is 10.1. The summed E-state index contributed by atoms with van der Waals surface area (Å²) >= 11 is 0. The van der Waals surface area contributed by atoms with Crippen LogP contribution >= 0.6 is 0 Å². The van der Waals surface area contributed by atoms with Gasteiger partial charge in [-0.2, -0.15) is 5.10 Å². The third-order valence-electron chi connectivity index (χ3n) is 6.17. The van der Waals surface area contributed by atoms with Crippen LogP contribution in [0.2, 0.25) is 0 Å². The monoisotopic (exact) mass is 501 g/mol. The summed E-state index contributed by atoms with van der Waals surface area (Å²) in [6.45, 7) is 2.51. The number of aromatic nitrogens is 3. The van der Waals surface area contributed by atoms with Crippen LogP contribution in [-0.4, -0.2) is 38.5 Å². The number of pyridine rings is 1. The van der Waals surface area contributed by atoms with Gasteiger partial charge in [-0.15, -0.1) is 0 Å². The van der Waals surface area contributed by atoms with Gasteiger partial charge >= 0.3 is 0 Å². The zero-order chi connectivity index (χ0) is 26.5. The van der Waals surface area contributed by atoms with Crippen LogP contribution in [0.3, 0.4) is 0 Å². The van der Waals surface area contributed by atoms with E-state index in [9.17, 15) is 9.59 Å². The largest absolute Gasteiger partial charge is 0.337 e. The first-order valence-electron chi connectivity index (χ1n) is 12.3. The van der Waals surface area contributed by atoms with E-state index in [1.54, 1.807) is 35.0 Å². The molecule has 2 amide bonds. The summed E-state index contributed by atoms with van der Waals surface area (Å²) in [5.74, 6) is -0.140. The van der Waals surface area contributed by atoms with Gasteiger partial charge in [0.05, 0.1) is 16.8 Å². The van der Waals surface area contributed by atoms with Crippen molar-refractivity contribution in [2.75, 3.05) is 12.4 Å². The number of rotatable bonds is 7. The highest BCUT2D eigenvalue weighted by atomic mass is 16.2. The number of hydrogen-bond acceptors (Lipinski definition) is 4. The molecule has 38 heavy (non-hydrogen) atoms. The van der Waals surface area contributed by atoms with Crippen LogP contribution in [0.15, 0.2) is 109 Å². The minimum absolute atomic E-state index is 0.148. The molecule has 0 bridgehead atoms. The van der Waals surface area contributed by atoms with Crippen molar-refractivity contribution in [1.82, 2.24) is 19.7 Å². The Labute approximate surface area is 221 Å². The fourth-order valence-electron chi connectivity index (χ4n) is 4.11. The number of nitrogens with one attached hydrogen (secondary N) is 1. The number of hydrogen-bond donors (Lipinski definition) is 1. The van der Waals surface area contributed by atoms with Gasteiger partial charge in [0.1, 0.15) is 11.5 Å². The fourth-order valence-corrected chi connectivity index (χ4v) is 4.11. The first kappa shape index (κ1) is 24.6. The first-order valence-corrected chi connectivity index (χ1v) is 12.3. The Morgan fingerprint density at radius 2 is 1.55 bits per heavy atom. The highest BCUT2D eigenvalue weighted by Gasteiger charge is 2.20. The van der Waals surface area contributed by atoms with E-state index < -0.39 is 0 Å². The van der Waals surface area contributed by atoms with E-state index in [0.717, 1.165) is 22.4 Å². The second-order valence-corrected chi connectivity index (χ2v) is 9.07. The Morgan fingerprint density at radius 3 is 2.21 bits per heavy atom. The minimum atomic E-state index is -0.338. The molecule has 5 rings (SSSR count). The van der Waals surface area contributed by atoms with Crippen molar-refractivity contribution in [3.05, 3.63) is 132 Å². The van der Waals surface area contributed by atoms with Gasteiger partial charge in [0, 0.05) is 31.5 Å². The number of amides is 2. The Bertz CT molecular complexity index is 1540.